The molecule has 150 valence electrons. The van der Waals surface area contributed by atoms with Gasteiger partial charge in [-0.3, -0.25) is 4.79 Å². The van der Waals surface area contributed by atoms with E-state index in [0.717, 1.165) is 54.9 Å². The Morgan fingerprint density at radius 1 is 1.18 bits per heavy atom. The summed E-state index contributed by atoms with van der Waals surface area (Å²) < 4.78 is 6.00. The predicted molar refractivity (Wildman–Crippen MR) is 117 cm³/mol. The van der Waals surface area contributed by atoms with Crippen LogP contribution in [-0.2, 0) is 11.4 Å². The summed E-state index contributed by atoms with van der Waals surface area (Å²) >= 11 is 1.86. The standard InChI is InChI=1S/C24H31NO2S/c1-3-5-12-20(4-2)23(26)25-15-16-28-24(25)21-13-9-14-22(17-21)27-18-19-10-7-6-8-11-19/h6-11,13-14,17,20,24H,3-5,12,15-16,18H2,1-2H3/t20-,24+/m0/s1. The van der Waals surface area contributed by atoms with Crippen molar-refractivity contribution in [2.24, 2.45) is 5.92 Å². The monoisotopic (exact) mass is 397 g/mol. The smallest absolute Gasteiger partial charge is 0.226 e. The SMILES string of the molecule is CCCC[C@H](CC)C(=O)N1CCS[C@@H]1c1cccc(OCc2ccccc2)c1. The highest BCUT2D eigenvalue weighted by molar-refractivity contribution is 7.99. The van der Waals surface area contributed by atoms with Crippen molar-refractivity contribution in [2.75, 3.05) is 12.3 Å². The van der Waals surface area contributed by atoms with Gasteiger partial charge in [0.15, 0.2) is 0 Å². The van der Waals surface area contributed by atoms with E-state index in [-0.39, 0.29) is 11.3 Å². The minimum absolute atomic E-state index is 0.100. The van der Waals surface area contributed by atoms with Crippen LogP contribution in [0.5, 0.6) is 5.75 Å². The zero-order valence-electron chi connectivity index (χ0n) is 17.0. The van der Waals surface area contributed by atoms with Crippen LogP contribution in [0, 0.1) is 5.92 Å². The summed E-state index contributed by atoms with van der Waals surface area (Å²) in [6.45, 7) is 5.71. The second-order valence-electron chi connectivity index (χ2n) is 7.35. The fourth-order valence-electron chi connectivity index (χ4n) is 3.66. The maximum Gasteiger partial charge on any atom is 0.226 e. The number of hydrogen-bond acceptors (Lipinski definition) is 3. The molecule has 1 aliphatic rings. The van der Waals surface area contributed by atoms with Gasteiger partial charge in [-0.15, -0.1) is 11.8 Å². The first-order chi connectivity index (χ1) is 13.7. The second-order valence-corrected chi connectivity index (χ2v) is 8.54. The molecule has 3 nitrogen and oxygen atoms in total. The minimum Gasteiger partial charge on any atom is -0.489 e. The first-order valence-corrected chi connectivity index (χ1v) is 11.5. The summed E-state index contributed by atoms with van der Waals surface area (Å²) in [7, 11) is 0. The van der Waals surface area contributed by atoms with E-state index in [4.69, 9.17) is 4.74 Å². The van der Waals surface area contributed by atoms with Gasteiger partial charge < -0.3 is 9.64 Å². The molecule has 0 aliphatic carbocycles. The maximum atomic E-state index is 13.1. The largest absolute Gasteiger partial charge is 0.489 e. The molecular weight excluding hydrogens is 366 g/mol. The lowest BCUT2D eigenvalue weighted by Gasteiger charge is -2.28. The fraction of sp³-hybridized carbons (Fsp3) is 0.458. The van der Waals surface area contributed by atoms with E-state index < -0.39 is 0 Å². The minimum atomic E-state index is 0.100. The number of ether oxygens (including phenoxy) is 1. The van der Waals surface area contributed by atoms with Gasteiger partial charge in [-0.2, -0.15) is 0 Å². The van der Waals surface area contributed by atoms with E-state index in [1.165, 1.54) is 0 Å². The number of hydrogen-bond donors (Lipinski definition) is 0. The highest BCUT2D eigenvalue weighted by Gasteiger charge is 2.33. The van der Waals surface area contributed by atoms with Crippen LogP contribution in [0.15, 0.2) is 54.6 Å². The summed E-state index contributed by atoms with van der Waals surface area (Å²) in [5.41, 5.74) is 2.31. The van der Waals surface area contributed by atoms with Crippen molar-refractivity contribution in [3.63, 3.8) is 0 Å². The number of carbonyl (C=O) groups excluding carboxylic acids is 1. The van der Waals surface area contributed by atoms with E-state index in [1.807, 2.05) is 42.1 Å². The molecule has 28 heavy (non-hydrogen) atoms. The molecule has 0 N–H and O–H groups in total. The molecule has 0 aromatic heterocycles. The van der Waals surface area contributed by atoms with Gasteiger partial charge in [0.25, 0.3) is 0 Å². The Bertz CT molecular complexity index is 749. The number of carbonyl (C=O) groups is 1. The van der Waals surface area contributed by atoms with Crippen LogP contribution in [-0.4, -0.2) is 23.1 Å². The van der Waals surface area contributed by atoms with Crippen molar-refractivity contribution >= 4 is 17.7 Å². The van der Waals surface area contributed by atoms with Crippen LogP contribution in [0.4, 0.5) is 0 Å². The van der Waals surface area contributed by atoms with Crippen LogP contribution in [0.25, 0.3) is 0 Å². The molecule has 1 heterocycles. The van der Waals surface area contributed by atoms with Gasteiger partial charge in [0, 0.05) is 18.2 Å². The molecule has 0 spiro atoms. The van der Waals surface area contributed by atoms with Gasteiger partial charge >= 0.3 is 0 Å². The van der Waals surface area contributed by atoms with E-state index in [0.29, 0.717) is 12.5 Å². The van der Waals surface area contributed by atoms with E-state index in [2.05, 4.69) is 43.0 Å². The lowest BCUT2D eigenvalue weighted by molar-refractivity contribution is -0.136. The Balaban J connectivity index is 1.68. The quantitative estimate of drug-likeness (QED) is 0.515. The highest BCUT2D eigenvalue weighted by atomic mass is 32.2. The van der Waals surface area contributed by atoms with E-state index in [9.17, 15) is 4.79 Å². The summed E-state index contributed by atoms with van der Waals surface area (Å²) in [5, 5.41) is 0.100. The summed E-state index contributed by atoms with van der Waals surface area (Å²) in [6, 6.07) is 18.4. The van der Waals surface area contributed by atoms with Gasteiger partial charge in [-0.05, 0) is 36.1 Å². The van der Waals surface area contributed by atoms with Crippen LogP contribution >= 0.6 is 11.8 Å². The Kier molecular flexibility index (Phi) is 7.84. The molecule has 0 saturated carbocycles. The maximum absolute atomic E-state index is 13.1. The van der Waals surface area contributed by atoms with Crippen LogP contribution in [0.2, 0.25) is 0 Å². The number of thioether (sulfide) groups is 1. The molecule has 2 aromatic rings. The van der Waals surface area contributed by atoms with Gasteiger partial charge in [0.05, 0.1) is 0 Å². The van der Waals surface area contributed by atoms with E-state index >= 15 is 0 Å². The summed E-state index contributed by atoms with van der Waals surface area (Å²) in [4.78, 5) is 15.2. The van der Waals surface area contributed by atoms with Crippen molar-refractivity contribution in [2.45, 2.75) is 51.5 Å². The molecule has 0 radical (unpaired) electrons. The molecule has 4 heteroatoms. The fourth-order valence-corrected chi connectivity index (χ4v) is 4.91. The Labute approximate surface area is 173 Å². The molecular formula is C24H31NO2S. The van der Waals surface area contributed by atoms with E-state index in [1.54, 1.807) is 0 Å². The topological polar surface area (TPSA) is 29.5 Å². The number of rotatable bonds is 9. The molecule has 1 fully saturated rings. The average Bonchev–Trinajstić information content (AvgIpc) is 3.23. The molecule has 1 amide bonds. The highest BCUT2D eigenvalue weighted by Crippen LogP contribution is 2.40. The van der Waals surface area contributed by atoms with Gasteiger partial charge in [-0.1, -0.05) is 69.2 Å². The van der Waals surface area contributed by atoms with Crippen molar-refractivity contribution in [1.82, 2.24) is 4.90 Å². The third-order valence-corrected chi connectivity index (χ3v) is 6.57. The normalized spacial score (nSPS) is 17.5. The number of benzene rings is 2. The van der Waals surface area contributed by atoms with Crippen molar-refractivity contribution in [3.8, 4) is 5.75 Å². The zero-order chi connectivity index (χ0) is 19.8. The van der Waals surface area contributed by atoms with Crippen molar-refractivity contribution in [1.29, 1.82) is 0 Å². The Hall–Kier alpha value is -1.94. The molecule has 2 atom stereocenters. The molecule has 3 rings (SSSR count). The summed E-state index contributed by atoms with van der Waals surface area (Å²) in [5.74, 6) is 2.33. The Morgan fingerprint density at radius 2 is 2.00 bits per heavy atom. The van der Waals surface area contributed by atoms with Crippen molar-refractivity contribution in [3.05, 3.63) is 65.7 Å². The number of amides is 1. The van der Waals surface area contributed by atoms with Gasteiger partial charge in [-0.25, -0.2) is 0 Å². The van der Waals surface area contributed by atoms with Crippen LogP contribution in [0.1, 0.15) is 56.0 Å². The van der Waals surface area contributed by atoms with Crippen LogP contribution < -0.4 is 4.74 Å². The predicted octanol–water partition coefficient (Wildman–Crippen LogP) is 6.06. The first-order valence-electron chi connectivity index (χ1n) is 10.4. The molecule has 1 saturated heterocycles. The Morgan fingerprint density at radius 3 is 2.75 bits per heavy atom. The molecule has 0 bridgehead atoms. The second kappa shape index (κ2) is 10.6. The summed E-state index contributed by atoms with van der Waals surface area (Å²) in [6.07, 6.45) is 4.19. The molecule has 2 aromatic carbocycles. The number of nitrogens with zero attached hydrogens (tertiary/aromatic N) is 1. The average molecular weight is 398 g/mol. The third kappa shape index (κ3) is 5.32. The first kappa shape index (κ1) is 20.8. The van der Waals surface area contributed by atoms with Crippen LogP contribution in [0.3, 0.4) is 0 Å². The zero-order valence-corrected chi connectivity index (χ0v) is 17.8. The van der Waals surface area contributed by atoms with Crippen molar-refractivity contribution < 1.29 is 9.53 Å². The molecule has 0 unspecified atom stereocenters. The lowest BCUT2D eigenvalue weighted by atomic mass is 9.97. The third-order valence-electron chi connectivity index (χ3n) is 5.31. The molecule has 1 aliphatic heterocycles. The van der Waals surface area contributed by atoms with Gasteiger partial charge in [0.2, 0.25) is 5.91 Å². The number of unbranched alkanes of at least 4 members (excludes halogenated alkanes) is 1. The lowest BCUT2D eigenvalue weighted by Crippen LogP contribution is -2.35. The van der Waals surface area contributed by atoms with Gasteiger partial charge in [0.1, 0.15) is 17.7 Å².